The number of unbranched alkanes of at least 4 members (excludes halogenated alkanes) is 7. The van der Waals surface area contributed by atoms with Gasteiger partial charge >= 0.3 is 47.8 Å². The average Bonchev–Trinajstić information content (AvgIpc) is 0.812. The predicted octanol–water partition coefficient (Wildman–Crippen LogP) is 8.21. The lowest BCUT2D eigenvalue weighted by Gasteiger charge is -2.52. The summed E-state index contributed by atoms with van der Waals surface area (Å²) in [4.78, 5) is 98.7. The predicted molar refractivity (Wildman–Crippen MR) is 533 cm³/mol. The number of carbonyl (C=O) groups excluding carboxylic acids is 8. The third kappa shape index (κ3) is 77.9. The number of ether oxygens (including phenoxy) is 16. The molecular weight excluding hydrogens is 1810 g/mol. The zero-order chi connectivity index (χ0) is 106. The van der Waals surface area contributed by atoms with Crippen molar-refractivity contribution in [2.45, 2.75) is 320 Å². The second kappa shape index (κ2) is 94.0. The highest BCUT2D eigenvalue weighted by Crippen LogP contribution is 2.23. The van der Waals surface area contributed by atoms with E-state index in [1.807, 2.05) is 34.6 Å². The maximum absolute atomic E-state index is 13.8. The van der Waals surface area contributed by atoms with Crippen molar-refractivity contribution in [2.75, 3.05) is 217 Å². The number of hydrogen-bond donors (Lipinski definition) is 7. The number of aliphatic hydroxyl groups excluding tert-OH is 5. The van der Waals surface area contributed by atoms with E-state index >= 15 is 0 Å². The summed E-state index contributed by atoms with van der Waals surface area (Å²) < 4.78 is 89.4. The average molecular weight is 2000 g/mol. The minimum absolute atomic E-state index is 0.0101. The van der Waals surface area contributed by atoms with Crippen LogP contribution >= 0.6 is 0 Å². The first-order chi connectivity index (χ1) is 66.5. The van der Waals surface area contributed by atoms with Crippen LogP contribution in [0.2, 0.25) is 0 Å². The molecule has 0 aromatic heterocycles. The van der Waals surface area contributed by atoms with Gasteiger partial charge in [0.25, 0.3) is 0 Å². The van der Waals surface area contributed by atoms with Crippen LogP contribution in [0.1, 0.15) is 247 Å². The Morgan fingerprint density at radius 3 is 0.676 bits per heavy atom. The van der Waals surface area contributed by atoms with Crippen molar-refractivity contribution in [1.29, 1.82) is 0 Å². The summed E-state index contributed by atoms with van der Waals surface area (Å²) in [5.74, 6) is -3.79. The first kappa shape index (κ1) is 139. The van der Waals surface area contributed by atoms with Crippen molar-refractivity contribution in [3.8, 4) is 0 Å². The maximum Gasteiger partial charge on any atom is 0.330 e. The summed E-state index contributed by atoms with van der Waals surface area (Å²) >= 11 is 0. The number of nitrogens with two attached hydrogens (primary N) is 2. The molecule has 41 nitrogen and oxygen atoms in total. The number of aliphatic hydroxyl groups is 5. The summed E-state index contributed by atoms with van der Waals surface area (Å²) in [6, 6.07) is 0. The molecule has 0 fully saturated rings. The topological polar surface area (TPSA) is 470 Å². The molecule has 0 aliphatic heterocycles. The normalized spacial score (nSPS) is 14.2. The smallest absolute Gasteiger partial charge is 0.330 e. The van der Waals surface area contributed by atoms with Gasteiger partial charge in [-0.25, -0.2) is 39.2 Å². The van der Waals surface area contributed by atoms with E-state index in [4.69, 9.17) is 92.4 Å². The van der Waals surface area contributed by atoms with Crippen molar-refractivity contribution in [3.63, 3.8) is 0 Å². The minimum atomic E-state index is -0.664. The molecular formula is C98H192N12O29. The van der Waals surface area contributed by atoms with Gasteiger partial charge in [0.15, 0.2) is 0 Å². The van der Waals surface area contributed by atoms with Crippen molar-refractivity contribution in [3.05, 3.63) is 50.6 Å². The molecule has 0 radical (unpaired) electrons. The fourth-order valence-corrected chi connectivity index (χ4v) is 12.1. The fraction of sp³-hybridized carbons (Fsp3) is 0.837. The first-order valence-corrected chi connectivity index (χ1v) is 50.5. The number of nitrogens with zero attached hydrogens (tertiary/aromatic N) is 10. The molecule has 0 heterocycles. The standard InChI is InChI=1S/C77H150N10O22.C15H24O6.C4H11N.C2H7NO/c1-18-26-36-78(42-32-74(94)105-58-67(13)99-55-63(9)101-60-69(15)107-73(93)25-8)82(38-28-20-3)86(40-30-22-5)87(41-31-23-6)83(39-29-21-4)79(37-27-19-2)43-33-75(95)106-59-68(14)100-56-65(11)103-62-71(17)109-77(97)35-45-81(47-51-89)85(49-53-91)84(48-52-90)80(46-50-88)44-34-76(96)108-70(16)61-102-64(10)54-98-66(12)57-104-72(92)24-7;1-6-14(16)20-9-12(4)18-8-11(3)19-10-13(5)21-15(17)7-2;1-2-3-4-5;3-1-2-4/h24-25,63-71,88-91H,7-8,18-23,26-62H2,1-6,9-17H3;6-7,11-13H,1-2,8-10H2,3-5H3;2-5H2,1H3;4H,1-3H2. The highest BCUT2D eigenvalue weighted by molar-refractivity contribution is 5.82. The van der Waals surface area contributed by atoms with E-state index in [9.17, 15) is 58.8 Å². The van der Waals surface area contributed by atoms with Gasteiger partial charge in [0.1, 0.15) is 50.8 Å². The zero-order valence-electron chi connectivity index (χ0n) is 88.8. The van der Waals surface area contributed by atoms with Crippen molar-refractivity contribution < 1.29 is 140 Å². The molecule has 0 saturated heterocycles. The lowest BCUT2D eigenvalue weighted by molar-refractivity contribution is -0.376. The third-order valence-electron chi connectivity index (χ3n) is 19.8. The molecule has 0 bridgehead atoms. The van der Waals surface area contributed by atoms with Gasteiger partial charge in [-0.3, -0.25) is 19.2 Å². The molecule has 0 aliphatic rings. The van der Waals surface area contributed by atoms with E-state index in [1.54, 1.807) is 68.7 Å². The Bertz CT molecular complexity index is 3040. The highest BCUT2D eigenvalue weighted by Gasteiger charge is 2.35. The monoisotopic (exact) mass is 2000 g/mol. The van der Waals surface area contributed by atoms with Crippen LogP contribution in [0, 0.1) is 0 Å². The molecule has 0 spiro atoms. The lowest BCUT2D eigenvalue weighted by Crippen LogP contribution is -2.68. The van der Waals surface area contributed by atoms with Gasteiger partial charge in [-0.05, 0) is 135 Å². The summed E-state index contributed by atoms with van der Waals surface area (Å²) in [5.41, 5.74) is 9.92. The van der Waals surface area contributed by atoms with E-state index in [2.05, 4.69) is 105 Å². The first-order valence-electron chi connectivity index (χ1n) is 50.5. The Morgan fingerprint density at radius 2 is 0.446 bits per heavy atom. The van der Waals surface area contributed by atoms with Crippen LogP contribution in [0.3, 0.4) is 0 Å². The van der Waals surface area contributed by atoms with E-state index in [0.29, 0.717) is 26.2 Å². The largest absolute Gasteiger partial charge is 0.463 e. The van der Waals surface area contributed by atoms with E-state index in [1.165, 1.54) is 12.8 Å². The van der Waals surface area contributed by atoms with Crippen LogP contribution < -0.4 is 11.5 Å². The van der Waals surface area contributed by atoms with E-state index in [-0.39, 0.29) is 225 Å². The Morgan fingerprint density at radius 1 is 0.237 bits per heavy atom. The van der Waals surface area contributed by atoms with E-state index < -0.39 is 66.3 Å². The van der Waals surface area contributed by atoms with Crippen LogP contribution in [0.5, 0.6) is 0 Å². The SMILES string of the molecule is C=CC(=O)OCC(C)OCC(C)OCC(C)OC(=O)C=C.C=CC(=O)OCC(C)OCC(C)OCC(C)OC(=O)CCN(CCO)N(CCO)N(CCO)N(CCO)CCC(=O)OC(C)COC(C)COC(C)COC(=O)CCN(CCCC)N(CCCC)N(CCCC)N(CCCC)N(CCCC)N(CCCC)CCC(=O)OCC(C)OCC(C)OCC(C)OC(=O)C=C.CCCCN.NCCO. The van der Waals surface area contributed by atoms with Gasteiger partial charge in [0.2, 0.25) is 0 Å². The summed E-state index contributed by atoms with van der Waals surface area (Å²) in [6.45, 7) is 57.2. The van der Waals surface area contributed by atoms with Gasteiger partial charge in [-0.2, -0.15) is 20.5 Å². The Hall–Kier alpha value is -6.28. The molecule has 12 atom stereocenters. The summed E-state index contributed by atoms with van der Waals surface area (Å²) in [5, 5.41) is 69.1. The molecule has 0 rings (SSSR count). The number of rotatable bonds is 89. The highest BCUT2D eigenvalue weighted by atomic mass is 16.6. The van der Waals surface area contributed by atoms with Crippen LogP contribution in [0.15, 0.2) is 50.6 Å². The van der Waals surface area contributed by atoms with Gasteiger partial charge in [0, 0.05) is 109 Å². The summed E-state index contributed by atoms with van der Waals surface area (Å²) in [7, 11) is 0. The maximum atomic E-state index is 13.8. The van der Waals surface area contributed by atoms with Crippen LogP contribution in [0.4, 0.5) is 0 Å². The molecule has 41 heteroatoms. The third-order valence-corrected chi connectivity index (χ3v) is 19.8. The van der Waals surface area contributed by atoms with Crippen LogP contribution in [0.25, 0.3) is 0 Å². The van der Waals surface area contributed by atoms with Gasteiger partial charge < -0.3 is 113 Å². The van der Waals surface area contributed by atoms with Crippen LogP contribution in [-0.2, 0) is 114 Å². The second-order valence-corrected chi connectivity index (χ2v) is 33.8. The summed E-state index contributed by atoms with van der Waals surface area (Å²) in [6.07, 6.45) is 13.4. The fourth-order valence-electron chi connectivity index (χ4n) is 12.1. The molecule has 9 N–H and O–H groups in total. The molecule has 12 unspecified atom stereocenters. The Balaban J connectivity index is -0.00000258. The molecule has 0 aromatic carbocycles. The molecule has 0 amide bonds. The quantitative estimate of drug-likeness (QED) is 0.0130. The number of carbonyl (C=O) groups is 8. The van der Waals surface area contributed by atoms with E-state index in [0.717, 1.165) is 147 Å². The molecule has 0 aromatic rings. The van der Waals surface area contributed by atoms with Gasteiger partial charge in [0.05, 0.1) is 173 Å². The number of esters is 8. The molecule has 0 saturated carbocycles. The van der Waals surface area contributed by atoms with Crippen molar-refractivity contribution >= 4 is 47.8 Å². The molecule has 139 heavy (non-hydrogen) atoms. The second-order valence-electron chi connectivity index (χ2n) is 33.8. The lowest BCUT2D eigenvalue weighted by atomic mass is 10.3. The van der Waals surface area contributed by atoms with Gasteiger partial charge in [-0.1, -0.05) is 120 Å². The van der Waals surface area contributed by atoms with Crippen molar-refractivity contribution in [1.82, 2.24) is 50.7 Å². The van der Waals surface area contributed by atoms with Crippen LogP contribution in [-0.4, -0.2) is 414 Å². The van der Waals surface area contributed by atoms with Crippen molar-refractivity contribution in [2.24, 2.45) is 11.5 Å². The van der Waals surface area contributed by atoms with Gasteiger partial charge in [-0.15, -0.1) is 10.2 Å². The Kier molecular flexibility index (Phi) is 94.0. The Labute approximate surface area is 834 Å². The molecule has 818 valence electrons. The molecule has 0 aliphatic carbocycles. The zero-order valence-corrected chi connectivity index (χ0v) is 88.8. The number of hydrogen-bond acceptors (Lipinski definition) is 41. The number of hydrazine groups is 8. The minimum Gasteiger partial charge on any atom is -0.463 e.